The quantitative estimate of drug-likeness (QED) is 0.525. The van der Waals surface area contributed by atoms with Gasteiger partial charge >= 0.3 is 0 Å². The van der Waals surface area contributed by atoms with E-state index in [1.165, 1.54) is 4.78 Å². The normalized spacial score (nSPS) is 11.9. The van der Waals surface area contributed by atoms with E-state index in [1.807, 2.05) is 0 Å². The fraction of sp³-hybridized carbons (Fsp3) is 0.125. The Bertz CT molecular complexity index is 404. The summed E-state index contributed by atoms with van der Waals surface area (Å²) in [6, 6.07) is 6.58. The van der Waals surface area contributed by atoms with Gasteiger partial charge in [0.25, 0.3) is 0 Å². The topological polar surface area (TPSA) is 35.8 Å². The molecule has 1 aromatic rings. The van der Waals surface area contributed by atoms with Crippen LogP contribution in [-0.4, -0.2) is 23.1 Å². The van der Waals surface area contributed by atoms with E-state index in [0.717, 1.165) is 5.56 Å². The van der Waals surface area contributed by atoms with Crippen LogP contribution in [0.2, 0.25) is 0 Å². The van der Waals surface area contributed by atoms with Gasteiger partial charge in [-0.15, -0.1) is 0 Å². The van der Waals surface area contributed by atoms with Crippen LogP contribution >= 0.6 is 27.4 Å². The van der Waals surface area contributed by atoms with Crippen molar-refractivity contribution in [3.8, 4) is 5.75 Å². The largest absolute Gasteiger partial charge is 0.508 e. The molecule has 7 heteroatoms. The first-order valence-corrected chi connectivity index (χ1v) is 8.52. The Balaban J connectivity index is 2.74. The lowest BCUT2D eigenvalue weighted by atomic mass is 10.2. The number of nitrogens with zero attached hydrogens (tertiary/aromatic N) is 2. The van der Waals surface area contributed by atoms with Crippen molar-refractivity contribution in [3.63, 3.8) is 0 Å². The molecule has 0 spiro atoms. The van der Waals surface area contributed by atoms with Gasteiger partial charge in [-0.2, -0.15) is 5.10 Å². The number of aromatic hydroxyl groups is 1. The van der Waals surface area contributed by atoms with Crippen molar-refractivity contribution in [3.05, 3.63) is 29.8 Å². The SMILES string of the molecule is CN(N=Cc1ccc(O)cc1)P(=S)(Cl)Cl. The number of phenolic OH excluding ortho intramolecular Hbond substituents is 1. The number of hydrogen-bond acceptors (Lipinski definition) is 3. The summed E-state index contributed by atoms with van der Waals surface area (Å²) in [4.78, 5) is -2.54. The molecule has 3 nitrogen and oxygen atoms in total. The molecule has 15 heavy (non-hydrogen) atoms. The number of benzene rings is 1. The van der Waals surface area contributed by atoms with Gasteiger partial charge in [-0.25, -0.2) is 4.78 Å². The monoisotopic (exact) mass is 282 g/mol. The van der Waals surface area contributed by atoms with Crippen molar-refractivity contribution in [2.45, 2.75) is 0 Å². The van der Waals surface area contributed by atoms with Gasteiger partial charge in [-0.1, -0.05) is 0 Å². The third kappa shape index (κ3) is 4.39. The van der Waals surface area contributed by atoms with Crippen molar-refractivity contribution >= 4 is 45.4 Å². The van der Waals surface area contributed by atoms with E-state index in [4.69, 9.17) is 39.4 Å². The smallest absolute Gasteiger partial charge is 0.222 e. The maximum atomic E-state index is 9.06. The van der Waals surface area contributed by atoms with Crippen LogP contribution in [0, 0.1) is 0 Å². The summed E-state index contributed by atoms with van der Waals surface area (Å²) in [6.07, 6.45) is 1.57. The maximum Gasteiger partial charge on any atom is 0.222 e. The number of hydrogen-bond donors (Lipinski definition) is 1. The molecule has 0 fully saturated rings. The van der Waals surface area contributed by atoms with Crippen LogP contribution in [0.1, 0.15) is 5.56 Å². The summed E-state index contributed by atoms with van der Waals surface area (Å²) in [5.41, 5.74) is 0.830. The molecule has 0 saturated carbocycles. The number of rotatable bonds is 3. The predicted molar refractivity (Wildman–Crippen MR) is 69.5 cm³/mol. The highest BCUT2D eigenvalue weighted by Gasteiger charge is 2.12. The van der Waals surface area contributed by atoms with Crippen LogP contribution in [0.4, 0.5) is 0 Å². The Hall–Kier alpha value is -0.280. The molecule has 0 saturated heterocycles. The van der Waals surface area contributed by atoms with Gasteiger partial charge in [0.05, 0.1) is 6.21 Å². The first-order valence-electron chi connectivity index (χ1n) is 3.96. The lowest BCUT2D eigenvalue weighted by molar-refractivity contribution is 0.475. The third-order valence-corrected chi connectivity index (χ3v) is 4.40. The molecule has 0 aliphatic rings. The zero-order chi connectivity index (χ0) is 11.5. The van der Waals surface area contributed by atoms with Crippen LogP contribution in [0.25, 0.3) is 0 Å². The van der Waals surface area contributed by atoms with Gasteiger partial charge in [-0.3, -0.25) is 0 Å². The lowest BCUT2D eigenvalue weighted by Crippen LogP contribution is -2.00. The first-order chi connectivity index (χ1) is 6.89. The summed E-state index contributed by atoms with van der Waals surface area (Å²) >= 11 is 16.3. The fourth-order valence-electron chi connectivity index (χ4n) is 0.771. The molecular formula is C8H9Cl2N2OPS. The molecular weight excluding hydrogens is 274 g/mol. The minimum atomic E-state index is -2.54. The molecule has 0 radical (unpaired) electrons. The molecule has 1 aromatic carbocycles. The van der Waals surface area contributed by atoms with Gasteiger partial charge in [0.2, 0.25) is 4.89 Å². The van der Waals surface area contributed by atoms with E-state index < -0.39 is 4.89 Å². The van der Waals surface area contributed by atoms with Crippen molar-refractivity contribution in [1.29, 1.82) is 0 Å². The van der Waals surface area contributed by atoms with E-state index >= 15 is 0 Å². The van der Waals surface area contributed by atoms with Crippen LogP contribution in [0.15, 0.2) is 29.4 Å². The maximum absolute atomic E-state index is 9.06. The zero-order valence-corrected chi connectivity index (χ0v) is 11.1. The molecule has 0 aliphatic carbocycles. The van der Waals surface area contributed by atoms with Gasteiger partial charge in [-0.05, 0) is 64.1 Å². The van der Waals surface area contributed by atoms with Crippen molar-refractivity contribution in [1.82, 2.24) is 4.78 Å². The average Bonchev–Trinajstić information content (AvgIpc) is 2.15. The minimum Gasteiger partial charge on any atom is -0.508 e. The Morgan fingerprint density at radius 3 is 2.40 bits per heavy atom. The van der Waals surface area contributed by atoms with Gasteiger partial charge < -0.3 is 5.11 Å². The number of phenols is 1. The standard InChI is InChI=1S/C8H9Cl2N2OPS/c1-12(14(9,10)15)11-6-7-2-4-8(13)5-3-7/h2-6,13H,1H3. The summed E-state index contributed by atoms with van der Waals surface area (Å²) in [6.45, 7) is 0. The molecule has 1 N–H and O–H groups in total. The molecule has 1 rings (SSSR count). The van der Waals surface area contributed by atoms with Crippen molar-refractivity contribution in [2.75, 3.05) is 7.05 Å². The van der Waals surface area contributed by atoms with Gasteiger partial charge in [0, 0.05) is 7.05 Å². The molecule has 0 aliphatic heterocycles. The highest BCUT2D eigenvalue weighted by atomic mass is 35.9. The molecule has 0 unspecified atom stereocenters. The van der Waals surface area contributed by atoms with Crippen LogP contribution in [0.3, 0.4) is 0 Å². The fourth-order valence-corrected chi connectivity index (χ4v) is 1.30. The van der Waals surface area contributed by atoms with Crippen molar-refractivity contribution in [2.24, 2.45) is 5.10 Å². The van der Waals surface area contributed by atoms with E-state index in [1.54, 1.807) is 37.5 Å². The van der Waals surface area contributed by atoms with Crippen LogP contribution in [0.5, 0.6) is 5.75 Å². The highest BCUT2D eigenvalue weighted by molar-refractivity contribution is 8.37. The van der Waals surface area contributed by atoms with Gasteiger partial charge in [0.1, 0.15) is 5.75 Å². The molecule has 82 valence electrons. The molecule has 0 bridgehead atoms. The van der Waals surface area contributed by atoms with E-state index in [0.29, 0.717) is 0 Å². The minimum absolute atomic E-state index is 0.209. The molecule has 0 atom stereocenters. The summed E-state index contributed by atoms with van der Waals surface area (Å²) in [5.74, 6) is 0.209. The Labute approximate surface area is 103 Å². The second-order valence-electron chi connectivity index (χ2n) is 2.76. The molecule has 0 amide bonds. The van der Waals surface area contributed by atoms with Gasteiger partial charge in [0.15, 0.2) is 0 Å². The average molecular weight is 283 g/mol. The first kappa shape index (κ1) is 12.8. The second-order valence-corrected chi connectivity index (χ2v) is 10.5. The Morgan fingerprint density at radius 1 is 1.40 bits per heavy atom. The van der Waals surface area contributed by atoms with E-state index in [9.17, 15) is 0 Å². The second kappa shape index (κ2) is 5.17. The van der Waals surface area contributed by atoms with E-state index in [-0.39, 0.29) is 5.75 Å². The Morgan fingerprint density at radius 2 is 1.93 bits per heavy atom. The predicted octanol–water partition coefficient (Wildman–Crippen LogP) is 3.36. The van der Waals surface area contributed by atoms with Crippen LogP contribution in [-0.2, 0) is 11.8 Å². The zero-order valence-electron chi connectivity index (χ0n) is 7.84. The summed E-state index contributed by atoms with van der Waals surface area (Å²) in [7, 11) is 1.62. The number of hydrazone groups is 1. The molecule has 0 heterocycles. The Kier molecular flexibility index (Phi) is 4.41. The van der Waals surface area contributed by atoms with E-state index in [2.05, 4.69) is 5.10 Å². The van der Waals surface area contributed by atoms with Crippen LogP contribution < -0.4 is 0 Å². The molecule has 0 aromatic heterocycles. The third-order valence-electron chi connectivity index (χ3n) is 1.60. The highest BCUT2D eigenvalue weighted by Crippen LogP contribution is 2.59. The number of halogens is 2. The lowest BCUT2D eigenvalue weighted by Gasteiger charge is -2.15. The summed E-state index contributed by atoms with van der Waals surface area (Å²) in [5, 5.41) is 13.1. The summed E-state index contributed by atoms with van der Waals surface area (Å²) < 4.78 is 1.36. The van der Waals surface area contributed by atoms with Crippen molar-refractivity contribution < 1.29 is 5.11 Å².